The molecule has 2 amide bonds. The molecule has 1 saturated carbocycles. The van der Waals surface area contributed by atoms with Gasteiger partial charge in [0.1, 0.15) is 0 Å². The summed E-state index contributed by atoms with van der Waals surface area (Å²) >= 11 is 0. The van der Waals surface area contributed by atoms with Crippen LogP contribution in [0.1, 0.15) is 49.1 Å². The number of amides is 2. The third-order valence-electron chi connectivity index (χ3n) is 7.15. The van der Waals surface area contributed by atoms with Crippen LogP contribution < -0.4 is 11.1 Å². The van der Waals surface area contributed by atoms with Crippen LogP contribution in [0.5, 0.6) is 0 Å². The van der Waals surface area contributed by atoms with Gasteiger partial charge in [-0.15, -0.1) is 0 Å². The van der Waals surface area contributed by atoms with Crippen LogP contribution in [0, 0.1) is 5.92 Å². The van der Waals surface area contributed by atoms with Gasteiger partial charge in [0.2, 0.25) is 15.9 Å². The molecule has 4 rings (SSSR count). The molecule has 1 heterocycles. The van der Waals surface area contributed by atoms with E-state index in [2.05, 4.69) is 5.32 Å². The summed E-state index contributed by atoms with van der Waals surface area (Å²) in [5.41, 5.74) is 7.15. The first-order valence-corrected chi connectivity index (χ1v) is 14.4. The van der Waals surface area contributed by atoms with Gasteiger partial charge in [-0.05, 0) is 36.3 Å². The van der Waals surface area contributed by atoms with Crippen LogP contribution in [0.25, 0.3) is 0 Å². The number of carbonyl (C=O) groups excluding carboxylic acids is 2. The fourth-order valence-electron chi connectivity index (χ4n) is 5.49. The molecule has 0 aromatic heterocycles. The number of benzene rings is 2. The summed E-state index contributed by atoms with van der Waals surface area (Å²) in [4.78, 5) is 29.1. The lowest BCUT2D eigenvalue weighted by Crippen LogP contribution is -2.64. The van der Waals surface area contributed by atoms with E-state index in [-0.39, 0.29) is 37.2 Å². The Morgan fingerprint density at radius 3 is 2.22 bits per heavy atom. The van der Waals surface area contributed by atoms with Gasteiger partial charge in [0.05, 0.1) is 11.7 Å². The van der Waals surface area contributed by atoms with Crippen molar-refractivity contribution in [1.82, 2.24) is 14.5 Å². The van der Waals surface area contributed by atoms with Crippen LogP contribution in [0.2, 0.25) is 0 Å². The molecule has 2 fully saturated rings. The van der Waals surface area contributed by atoms with E-state index < -0.39 is 28.0 Å². The van der Waals surface area contributed by atoms with Crippen molar-refractivity contribution in [2.24, 2.45) is 11.7 Å². The van der Waals surface area contributed by atoms with Gasteiger partial charge < -0.3 is 16.0 Å². The van der Waals surface area contributed by atoms with Gasteiger partial charge in [0, 0.05) is 26.2 Å². The molecule has 2 aliphatic rings. The molecule has 8 nitrogen and oxygen atoms in total. The third-order valence-corrected chi connectivity index (χ3v) is 8.95. The van der Waals surface area contributed by atoms with E-state index in [0.29, 0.717) is 18.5 Å². The van der Waals surface area contributed by atoms with E-state index >= 15 is 0 Å². The van der Waals surface area contributed by atoms with Crippen molar-refractivity contribution in [3.05, 3.63) is 71.8 Å². The summed E-state index contributed by atoms with van der Waals surface area (Å²) in [6.07, 6.45) is 3.25. The molecule has 1 aliphatic heterocycles. The zero-order valence-electron chi connectivity index (χ0n) is 20.6. The second-order valence-electron chi connectivity index (χ2n) is 9.62. The normalized spacial score (nSPS) is 20.2. The van der Waals surface area contributed by atoms with Crippen molar-refractivity contribution in [3.63, 3.8) is 0 Å². The summed E-state index contributed by atoms with van der Waals surface area (Å²) in [6, 6.07) is 18.6. The van der Waals surface area contributed by atoms with Gasteiger partial charge in [0.15, 0.2) is 6.17 Å². The largest absolute Gasteiger partial charge is 0.352 e. The molecule has 2 aromatic carbocycles. The fourth-order valence-corrected chi connectivity index (χ4v) is 7.19. The Balaban J connectivity index is 1.69. The van der Waals surface area contributed by atoms with E-state index in [4.69, 9.17) is 5.73 Å². The quantitative estimate of drug-likeness (QED) is 0.536. The molecule has 0 radical (unpaired) electrons. The maximum absolute atomic E-state index is 14.2. The molecule has 2 atom stereocenters. The minimum Gasteiger partial charge on any atom is -0.352 e. The molecule has 0 spiro atoms. The highest BCUT2D eigenvalue weighted by Crippen LogP contribution is 2.39. The molecule has 1 saturated heterocycles. The Kier molecular flexibility index (Phi) is 8.77. The fraction of sp³-hybridized carbons (Fsp3) is 0.481. The van der Waals surface area contributed by atoms with E-state index in [1.807, 2.05) is 36.4 Å². The smallest absolute Gasteiger partial charge is 0.259 e. The Morgan fingerprint density at radius 1 is 0.944 bits per heavy atom. The molecule has 1 aliphatic carbocycles. The van der Waals surface area contributed by atoms with Crippen LogP contribution in [0.4, 0.5) is 0 Å². The van der Waals surface area contributed by atoms with Crippen LogP contribution in [-0.4, -0.2) is 61.8 Å². The van der Waals surface area contributed by atoms with E-state index in [1.165, 1.54) is 9.21 Å². The van der Waals surface area contributed by atoms with Crippen molar-refractivity contribution < 1.29 is 18.0 Å². The lowest BCUT2D eigenvalue weighted by Gasteiger charge is -2.43. The van der Waals surface area contributed by atoms with Crippen LogP contribution in [0.15, 0.2) is 60.7 Å². The van der Waals surface area contributed by atoms with Gasteiger partial charge in [0.25, 0.3) is 5.91 Å². The van der Waals surface area contributed by atoms with Crippen molar-refractivity contribution in [3.8, 4) is 0 Å². The highest BCUT2D eigenvalue weighted by molar-refractivity contribution is 7.88. The topological polar surface area (TPSA) is 113 Å². The maximum Gasteiger partial charge on any atom is 0.259 e. The van der Waals surface area contributed by atoms with Crippen molar-refractivity contribution in [2.45, 2.75) is 49.9 Å². The monoisotopic (exact) mass is 512 g/mol. The molecular weight excluding hydrogens is 476 g/mol. The van der Waals surface area contributed by atoms with Gasteiger partial charge in [-0.1, -0.05) is 73.5 Å². The Hall–Kier alpha value is -2.75. The lowest BCUT2D eigenvalue weighted by molar-refractivity contribution is -0.149. The SMILES string of the molecule is NCCNC(=O)C1N(C(=O)C(c2ccccc2)C2CCCC2)CCCN1S(=O)(=O)Cc1ccccc1. The molecule has 194 valence electrons. The first-order valence-electron chi connectivity index (χ1n) is 12.8. The number of nitrogens with two attached hydrogens (primary N) is 1. The maximum atomic E-state index is 14.2. The van der Waals surface area contributed by atoms with Crippen LogP contribution in [-0.2, 0) is 25.4 Å². The van der Waals surface area contributed by atoms with E-state index in [1.54, 1.807) is 24.3 Å². The van der Waals surface area contributed by atoms with Gasteiger partial charge in [-0.2, -0.15) is 4.31 Å². The van der Waals surface area contributed by atoms with Crippen molar-refractivity contribution in [2.75, 3.05) is 26.2 Å². The van der Waals surface area contributed by atoms with Crippen LogP contribution in [0.3, 0.4) is 0 Å². The molecule has 3 N–H and O–H groups in total. The van der Waals surface area contributed by atoms with Crippen LogP contribution >= 0.6 is 0 Å². The minimum absolute atomic E-state index is 0.170. The number of carbonyl (C=O) groups is 2. The third kappa shape index (κ3) is 5.96. The summed E-state index contributed by atoms with van der Waals surface area (Å²) in [6.45, 7) is 0.929. The average Bonchev–Trinajstić information content (AvgIpc) is 3.42. The number of hydrogen-bond donors (Lipinski definition) is 2. The number of hydrogen-bond acceptors (Lipinski definition) is 5. The van der Waals surface area contributed by atoms with Gasteiger partial charge in [-0.25, -0.2) is 8.42 Å². The number of rotatable bonds is 9. The minimum atomic E-state index is -3.88. The molecular formula is C27H36N4O4S. The highest BCUT2D eigenvalue weighted by atomic mass is 32.2. The highest BCUT2D eigenvalue weighted by Gasteiger charge is 2.46. The first-order chi connectivity index (χ1) is 17.4. The molecule has 0 bridgehead atoms. The predicted molar refractivity (Wildman–Crippen MR) is 139 cm³/mol. The summed E-state index contributed by atoms with van der Waals surface area (Å²) in [5.74, 6) is -1.16. The lowest BCUT2D eigenvalue weighted by atomic mass is 9.83. The standard InChI is InChI=1S/C27H36N4O4S/c28-16-17-29-25(32)26-30(18-9-19-31(26)36(34,35)20-21-10-3-1-4-11-21)27(33)24(23-14-7-8-15-23)22-12-5-2-6-13-22/h1-6,10-13,23-24,26H,7-9,14-20,28H2,(H,29,32). The number of nitrogens with one attached hydrogen (secondary N) is 1. The van der Waals surface area contributed by atoms with Gasteiger partial charge >= 0.3 is 0 Å². The van der Waals surface area contributed by atoms with Crippen molar-refractivity contribution >= 4 is 21.8 Å². The number of nitrogens with zero attached hydrogens (tertiary/aromatic N) is 2. The van der Waals surface area contributed by atoms with E-state index in [9.17, 15) is 18.0 Å². The molecule has 2 aromatic rings. The molecule has 36 heavy (non-hydrogen) atoms. The Bertz CT molecular complexity index is 1120. The first kappa shape index (κ1) is 26.3. The number of sulfonamides is 1. The molecule has 9 heteroatoms. The second kappa shape index (κ2) is 12.0. The van der Waals surface area contributed by atoms with Crippen molar-refractivity contribution in [1.29, 1.82) is 0 Å². The summed E-state index contributed by atoms with van der Waals surface area (Å²) < 4.78 is 28.4. The Labute approximate surface area is 213 Å². The van der Waals surface area contributed by atoms with E-state index in [0.717, 1.165) is 31.2 Å². The summed E-state index contributed by atoms with van der Waals surface area (Å²) in [5, 5.41) is 2.74. The molecule has 2 unspecified atom stereocenters. The average molecular weight is 513 g/mol. The Morgan fingerprint density at radius 2 is 1.58 bits per heavy atom. The zero-order valence-corrected chi connectivity index (χ0v) is 21.4. The van der Waals surface area contributed by atoms with Gasteiger partial charge in [-0.3, -0.25) is 9.59 Å². The zero-order chi connectivity index (χ0) is 25.5. The second-order valence-corrected chi connectivity index (χ2v) is 11.5. The summed E-state index contributed by atoms with van der Waals surface area (Å²) in [7, 11) is -3.88. The predicted octanol–water partition coefficient (Wildman–Crippen LogP) is 2.43.